The molecule has 1 rings (SSSR count). The van der Waals surface area contributed by atoms with Crippen molar-refractivity contribution in [1.29, 1.82) is 0 Å². The van der Waals surface area contributed by atoms with Crippen LogP contribution in [-0.4, -0.2) is 12.7 Å². The SMILES string of the molecule is CC(C)OCCc1ccc(C(C)C)c(N)c1. The molecule has 0 bridgehead atoms. The minimum atomic E-state index is 0.298. The Bertz CT molecular complexity index is 332. The number of benzene rings is 1. The largest absolute Gasteiger partial charge is 0.398 e. The third-order valence-corrected chi connectivity index (χ3v) is 2.62. The number of ether oxygens (including phenoxy) is 1. The second kappa shape index (κ2) is 5.90. The highest BCUT2D eigenvalue weighted by molar-refractivity contribution is 5.50. The van der Waals surface area contributed by atoms with Crippen LogP contribution in [0.4, 0.5) is 5.69 Å². The molecule has 2 heteroatoms. The van der Waals surface area contributed by atoms with Gasteiger partial charge in [-0.3, -0.25) is 0 Å². The normalized spacial score (nSPS) is 11.4. The number of hydrogen-bond donors (Lipinski definition) is 1. The Kier molecular flexibility index (Phi) is 4.81. The van der Waals surface area contributed by atoms with Gasteiger partial charge >= 0.3 is 0 Å². The van der Waals surface area contributed by atoms with Crippen LogP contribution >= 0.6 is 0 Å². The molecule has 0 saturated heterocycles. The summed E-state index contributed by atoms with van der Waals surface area (Å²) in [6, 6.07) is 6.35. The van der Waals surface area contributed by atoms with E-state index in [1.54, 1.807) is 0 Å². The Morgan fingerprint density at radius 2 is 1.88 bits per heavy atom. The van der Waals surface area contributed by atoms with Crippen LogP contribution in [0.2, 0.25) is 0 Å². The third kappa shape index (κ3) is 3.86. The van der Waals surface area contributed by atoms with E-state index in [2.05, 4.69) is 45.9 Å². The zero-order chi connectivity index (χ0) is 12.1. The van der Waals surface area contributed by atoms with Crippen molar-refractivity contribution in [2.24, 2.45) is 0 Å². The molecule has 2 N–H and O–H groups in total. The fourth-order valence-corrected chi connectivity index (χ4v) is 1.72. The lowest BCUT2D eigenvalue weighted by Gasteiger charge is -2.12. The Morgan fingerprint density at radius 3 is 2.38 bits per heavy atom. The van der Waals surface area contributed by atoms with Crippen molar-refractivity contribution in [3.8, 4) is 0 Å². The molecule has 0 atom stereocenters. The second-order valence-electron chi connectivity index (χ2n) is 4.79. The highest BCUT2D eigenvalue weighted by atomic mass is 16.5. The Balaban J connectivity index is 2.59. The van der Waals surface area contributed by atoms with Gasteiger partial charge in [0.15, 0.2) is 0 Å². The van der Waals surface area contributed by atoms with Gasteiger partial charge in [-0.1, -0.05) is 26.0 Å². The fourth-order valence-electron chi connectivity index (χ4n) is 1.72. The Hall–Kier alpha value is -1.02. The number of nitrogens with two attached hydrogens (primary N) is 1. The van der Waals surface area contributed by atoms with Crippen molar-refractivity contribution < 1.29 is 4.74 Å². The molecule has 0 fully saturated rings. The van der Waals surface area contributed by atoms with Crippen LogP contribution in [0.1, 0.15) is 44.7 Å². The zero-order valence-corrected chi connectivity index (χ0v) is 10.8. The lowest BCUT2D eigenvalue weighted by Crippen LogP contribution is -2.06. The molecule has 0 aliphatic carbocycles. The first-order chi connectivity index (χ1) is 7.50. The van der Waals surface area contributed by atoms with Crippen LogP contribution < -0.4 is 5.73 Å². The first-order valence-corrected chi connectivity index (χ1v) is 6.00. The van der Waals surface area contributed by atoms with Gasteiger partial charge in [0, 0.05) is 5.69 Å². The average Bonchev–Trinajstić information content (AvgIpc) is 2.16. The van der Waals surface area contributed by atoms with E-state index in [1.807, 2.05) is 0 Å². The topological polar surface area (TPSA) is 35.2 Å². The summed E-state index contributed by atoms with van der Waals surface area (Å²) in [5.41, 5.74) is 9.40. The highest BCUT2D eigenvalue weighted by Gasteiger charge is 2.05. The van der Waals surface area contributed by atoms with Crippen LogP contribution in [0, 0.1) is 0 Å². The lowest BCUT2D eigenvalue weighted by molar-refractivity contribution is 0.0813. The molecule has 0 unspecified atom stereocenters. The summed E-state index contributed by atoms with van der Waals surface area (Å²) in [5, 5.41) is 0. The van der Waals surface area contributed by atoms with Gasteiger partial charge in [-0.2, -0.15) is 0 Å². The summed E-state index contributed by atoms with van der Waals surface area (Å²) < 4.78 is 5.52. The zero-order valence-electron chi connectivity index (χ0n) is 10.8. The van der Waals surface area contributed by atoms with Crippen molar-refractivity contribution in [3.63, 3.8) is 0 Å². The van der Waals surface area contributed by atoms with Crippen LogP contribution in [0.3, 0.4) is 0 Å². The van der Waals surface area contributed by atoms with Crippen LogP contribution in [0.15, 0.2) is 18.2 Å². The molecule has 0 aromatic heterocycles. The summed E-state index contributed by atoms with van der Waals surface area (Å²) in [7, 11) is 0. The van der Waals surface area contributed by atoms with Gasteiger partial charge < -0.3 is 10.5 Å². The second-order valence-corrected chi connectivity index (χ2v) is 4.79. The Labute approximate surface area is 98.8 Å². The fraction of sp³-hybridized carbons (Fsp3) is 0.571. The summed E-state index contributed by atoms with van der Waals surface area (Å²) >= 11 is 0. The maximum Gasteiger partial charge on any atom is 0.0519 e. The molecule has 0 saturated carbocycles. The van der Waals surface area contributed by atoms with E-state index in [4.69, 9.17) is 10.5 Å². The molecule has 0 radical (unpaired) electrons. The predicted molar refractivity (Wildman–Crippen MR) is 69.7 cm³/mol. The summed E-state index contributed by atoms with van der Waals surface area (Å²) in [5.74, 6) is 0.487. The highest BCUT2D eigenvalue weighted by Crippen LogP contribution is 2.22. The van der Waals surface area contributed by atoms with Gasteiger partial charge in [-0.15, -0.1) is 0 Å². The van der Waals surface area contributed by atoms with E-state index in [0.29, 0.717) is 12.0 Å². The molecule has 0 aliphatic heterocycles. The number of rotatable bonds is 5. The molecule has 0 heterocycles. The smallest absolute Gasteiger partial charge is 0.0519 e. The molecule has 2 nitrogen and oxygen atoms in total. The Morgan fingerprint density at radius 1 is 1.19 bits per heavy atom. The lowest BCUT2D eigenvalue weighted by atomic mass is 9.99. The van der Waals surface area contributed by atoms with E-state index in [9.17, 15) is 0 Å². The molecule has 0 aliphatic rings. The van der Waals surface area contributed by atoms with Crippen LogP contribution in [0.25, 0.3) is 0 Å². The molecular formula is C14H23NO. The summed E-state index contributed by atoms with van der Waals surface area (Å²) in [6.07, 6.45) is 1.23. The van der Waals surface area contributed by atoms with Crippen molar-refractivity contribution in [2.75, 3.05) is 12.3 Å². The first-order valence-electron chi connectivity index (χ1n) is 6.00. The monoisotopic (exact) mass is 221 g/mol. The van der Waals surface area contributed by atoms with Gasteiger partial charge in [0.2, 0.25) is 0 Å². The van der Waals surface area contributed by atoms with Crippen molar-refractivity contribution >= 4 is 5.69 Å². The first kappa shape index (κ1) is 13.0. The van der Waals surface area contributed by atoms with Crippen LogP contribution in [0.5, 0.6) is 0 Å². The minimum Gasteiger partial charge on any atom is -0.398 e. The predicted octanol–water partition coefficient (Wildman–Crippen LogP) is 3.36. The maximum atomic E-state index is 6.01. The quantitative estimate of drug-likeness (QED) is 0.774. The molecule has 90 valence electrons. The van der Waals surface area contributed by atoms with E-state index in [1.165, 1.54) is 11.1 Å². The van der Waals surface area contributed by atoms with Gasteiger partial charge in [0.05, 0.1) is 12.7 Å². The van der Waals surface area contributed by atoms with E-state index < -0.39 is 0 Å². The third-order valence-electron chi connectivity index (χ3n) is 2.62. The standard InChI is InChI=1S/C14H23NO/c1-10(2)13-6-5-12(9-14(13)15)7-8-16-11(3)4/h5-6,9-11H,7-8,15H2,1-4H3. The van der Waals surface area contributed by atoms with Gasteiger partial charge in [0.25, 0.3) is 0 Å². The average molecular weight is 221 g/mol. The van der Waals surface area contributed by atoms with E-state index in [-0.39, 0.29) is 0 Å². The van der Waals surface area contributed by atoms with E-state index in [0.717, 1.165) is 18.7 Å². The van der Waals surface area contributed by atoms with Gasteiger partial charge in [-0.05, 0) is 43.4 Å². The number of hydrogen-bond acceptors (Lipinski definition) is 2. The van der Waals surface area contributed by atoms with Crippen LogP contribution in [-0.2, 0) is 11.2 Å². The molecule has 1 aromatic carbocycles. The summed E-state index contributed by atoms with van der Waals surface area (Å²) in [4.78, 5) is 0. The van der Waals surface area contributed by atoms with Crippen molar-refractivity contribution in [1.82, 2.24) is 0 Å². The van der Waals surface area contributed by atoms with Crippen molar-refractivity contribution in [3.05, 3.63) is 29.3 Å². The minimum absolute atomic E-state index is 0.298. The summed E-state index contributed by atoms with van der Waals surface area (Å²) in [6.45, 7) is 9.19. The maximum absolute atomic E-state index is 6.01. The van der Waals surface area contributed by atoms with E-state index >= 15 is 0 Å². The number of nitrogen functional groups attached to an aromatic ring is 1. The molecule has 0 spiro atoms. The molecule has 1 aromatic rings. The van der Waals surface area contributed by atoms with Gasteiger partial charge in [0.1, 0.15) is 0 Å². The molecule has 16 heavy (non-hydrogen) atoms. The molecular weight excluding hydrogens is 198 g/mol. The number of anilines is 1. The van der Waals surface area contributed by atoms with Gasteiger partial charge in [-0.25, -0.2) is 0 Å². The molecule has 0 amide bonds. The van der Waals surface area contributed by atoms with Crippen molar-refractivity contribution in [2.45, 2.75) is 46.1 Å².